The lowest BCUT2D eigenvalue weighted by atomic mass is 10.0. The van der Waals surface area contributed by atoms with Crippen molar-refractivity contribution in [2.24, 2.45) is 5.73 Å². The summed E-state index contributed by atoms with van der Waals surface area (Å²) >= 11 is 0. The third-order valence-electron chi connectivity index (χ3n) is 4.18. The van der Waals surface area contributed by atoms with E-state index in [1.54, 1.807) is 24.3 Å². The average molecular weight is 430 g/mol. The number of alkyl carbamates (subject to hydrolysis) is 1. The minimum absolute atomic E-state index is 0.0325. The fourth-order valence-electron chi connectivity index (χ4n) is 2.65. The van der Waals surface area contributed by atoms with Crippen LogP contribution in [-0.2, 0) is 27.4 Å². The Morgan fingerprint density at radius 3 is 2.48 bits per heavy atom. The first-order valence-electron chi connectivity index (χ1n) is 9.14. The minimum atomic E-state index is -1.18. The number of benzene rings is 2. The number of nitrogens with one attached hydrogen (secondary N) is 2. The predicted octanol–water partition coefficient (Wildman–Crippen LogP) is 1.04. The van der Waals surface area contributed by atoms with E-state index in [9.17, 15) is 24.5 Å². The molecule has 0 aliphatic rings. The van der Waals surface area contributed by atoms with Crippen molar-refractivity contribution in [3.8, 4) is 5.75 Å². The quantitative estimate of drug-likeness (QED) is 0.374. The highest BCUT2D eigenvalue weighted by molar-refractivity contribution is 5.88. The second-order valence-electron chi connectivity index (χ2n) is 6.40. The monoisotopic (exact) mass is 430 g/mol. The number of hydrogen-bond donors (Lipinski definition) is 3. The van der Waals surface area contributed by atoms with Crippen molar-refractivity contribution in [1.82, 2.24) is 10.6 Å². The van der Waals surface area contributed by atoms with Crippen LogP contribution in [0.25, 0.3) is 0 Å². The molecule has 31 heavy (non-hydrogen) atoms. The maximum Gasteiger partial charge on any atom is 0.407 e. The van der Waals surface area contributed by atoms with Gasteiger partial charge in [-0.05, 0) is 11.6 Å². The molecular weight excluding hydrogens is 408 g/mol. The fraction of sp³-hybridized carbons (Fsp3) is 0.250. The van der Waals surface area contributed by atoms with Gasteiger partial charge in [-0.3, -0.25) is 19.7 Å². The molecule has 0 bridgehead atoms. The molecule has 0 aliphatic carbocycles. The highest BCUT2D eigenvalue weighted by Gasteiger charge is 2.22. The zero-order chi connectivity index (χ0) is 22.8. The average Bonchev–Trinajstić information content (AvgIpc) is 2.76. The summed E-state index contributed by atoms with van der Waals surface area (Å²) in [5.41, 5.74) is 6.24. The molecule has 0 aromatic heterocycles. The Bertz CT molecular complexity index is 950. The van der Waals surface area contributed by atoms with E-state index in [4.69, 9.17) is 15.2 Å². The van der Waals surface area contributed by atoms with Gasteiger partial charge in [0.05, 0.1) is 12.0 Å². The number of nitro groups is 1. The number of nitrogens with two attached hydrogens (primary N) is 1. The number of nitro benzene ring substituents is 1. The van der Waals surface area contributed by atoms with Gasteiger partial charge in [-0.15, -0.1) is 0 Å². The lowest BCUT2D eigenvalue weighted by Crippen LogP contribution is -2.49. The first kappa shape index (κ1) is 23.1. The van der Waals surface area contributed by atoms with E-state index in [2.05, 4.69) is 10.6 Å². The summed E-state index contributed by atoms with van der Waals surface area (Å²) in [7, 11) is 1.37. The van der Waals surface area contributed by atoms with Gasteiger partial charge in [-0.2, -0.15) is 0 Å². The highest BCUT2D eigenvalue weighted by atomic mass is 16.6. The van der Waals surface area contributed by atoms with Gasteiger partial charge in [-0.1, -0.05) is 30.3 Å². The Kier molecular flexibility index (Phi) is 8.31. The molecule has 2 rings (SSSR count). The van der Waals surface area contributed by atoms with Crippen molar-refractivity contribution in [3.05, 3.63) is 69.8 Å². The Balaban J connectivity index is 1.92. The third-order valence-corrected chi connectivity index (χ3v) is 4.18. The van der Waals surface area contributed by atoms with Gasteiger partial charge in [0.15, 0.2) is 0 Å². The second kappa shape index (κ2) is 11.1. The Labute approximate surface area is 177 Å². The van der Waals surface area contributed by atoms with E-state index in [1.807, 2.05) is 6.07 Å². The van der Waals surface area contributed by atoms with E-state index in [1.165, 1.54) is 25.3 Å². The zero-order valence-corrected chi connectivity index (χ0v) is 16.7. The van der Waals surface area contributed by atoms with Gasteiger partial charge in [0.1, 0.15) is 24.9 Å². The van der Waals surface area contributed by atoms with Gasteiger partial charge in [-0.25, -0.2) is 4.79 Å². The number of nitrogens with zero attached hydrogens (tertiary/aromatic N) is 1. The number of carbonyl (C=O) groups is 3. The number of carbonyl (C=O) groups excluding carboxylic acids is 3. The predicted molar refractivity (Wildman–Crippen MR) is 109 cm³/mol. The van der Waals surface area contributed by atoms with Crippen molar-refractivity contribution in [3.63, 3.8) is 0 Å². The first-order valence-corrected chi connectivity index (χ1v) is 9.14. The number of hydrogen-bond acceptors (Lipinski definition) is 7. The maximum absolute atomic E-state index is 12.1. The molecule has 0 saturated carbocycles. The van der Waals surface area contributed by atoms with Crippen molar-refractivity contribution in [2.45, 2.75) is 19.1 Å². The van der Waals surface area contributed by atoms with Gasteiger partial charge >= 0.3 is 6.09 Å². The molecule has 0 saturated heterocycles. The molecule has 0 heterocycles. The van der Waals surface area contributed by atoms with Crippen molar-refractivity contribution in [2.75, 3.05) is 13.7 Å². The maximum atomic E-state index is 12.1. The van der Waals surface area contributed by atoms with Crippen molar-refractivity contribution >= 4 is 23.6 Å². The van der Waals surface area contributed by atoms with Crippen LogP contribution in [-0.4, -0.2) is 42.5 Å². The molecule has 0 unspecified atom stereocenters. The van der Waals surface area contributed by atoms with Gasteiger partial charge in [0.2, 0.25) is 11.8 Å². The molecule has 164 valence electrons. The molecule has 2 aromatic rings. The van der Waals surface area contributed by atoms with Crippen molar-refractivity contribution < 1.29 is 28.8 Å². The van der Waals surface area contributed by atoms with Crippen LogP contribution < -0.4 is 21.1 Å². The largest absolute Gasteiger partial charge is 0.496 e. The Morgan fingerprint density at radius 2 is 1.87 bits per heavy atom. The second-order valence-corrected chi connectivity index (χ2v) is 6.40. The highest BCUT2D eigenvalue weighted by Crippen LogP contribution is 2.25. The summed E-state index contributed by atoms with van der Waals surface area (Å²) in [6.07, 6.45) is -0.945. The molecule has 11 nitrogen and oxygen atoms in total. The standard InChI is InChI=1S/C20H22N4O7/c1-30-17-8-7-15(24(28)29)9-14(17)10-16(19(21)26)23-18(25)11-22-20(27)31-12-13-5-3-2-4-6-13/h2-9,16H,10-12H2,1H3,(H2,21,26)(H,22,27)(H,23,25)/t16-/m1/s1. The number of methoxy groups -OCH3 is 1. The number of non-ortho nitro benzene ring substituents is 1. The summed E-state index contributed by atoms with van der Waals surface area (Å²) in [6.45, 7) is -0.422. The van der Waals surface area contributed by atoms with Crippen LogP contribution in [0.1, 0.15) is 11.1 Å². The molecule has 3 amide bonds. The topological polar surface area (TPSA) is 163 Å². The molecule has 0 radical (unpaired) electrons. The molecule has 2 aromatic carbocycles. The number of amides is 3. The smallest absolute Gasteiger partial charge is 0.407 e. The summed E-state index contributed by atoms with van der Waals surface area (Å²) < 4.78 is 10.1. The van der Waals surface area contributed by atoms with Crippen LogP contribution in [0.15, 0.2) is 48.5 Å². The summed E-state index contributed by atoms with van der Waals surface area (Å²) in [5.74, 6) is -1.24. The minimum Gasteiger partial charge on any atom is -0.496 e. The third kappa shape index (κ3) is 7.31. The van der Waals surface area contributed by atoms with Crippen LogP contribution in [0.5, 0.6) is 5.75 Å². The Hall–Kier alpha value is -4.15. The number of primary amides is 1. The van der Waals surface area contributed by atoms with E-state index in [0.29, 0.717) is 11.3 Å². The van der Waals surface area contributed by atoms with E-state index in [-0.39, 0.29) is 18.7 Å². The van der Waals surface area contributed by atoms with Crippen LogP contribution in [0.2, 0.25) is 0 Å². The fourth-order valence-corrected chi connectivity index (χ4v) is 2.65. The Morgan fingerprint density at radius 1 is 1.16 bits per heavy atom. The summed E-state index contributed by atoms with van der Waals surface area (Å²) in [6, 6.07) is 11.7. The van der Waals surface area contributed by atoms with E-state index < -0.39 is 35.4 Å². The van der Waals surface area contributed by atoms with Crippen LogP contribution in [0.4, 0.5) is 10.5 Å². The molecular formula is C20H22N4O7. The zero-order valence-electron chi connectivity index (χ0n) is 16.7. The SMILES string of the molecule is COc1ccc([N+](=O)[O-])cc1C[C@@H](NC(=O)CNC(=O)OCc1ccccc1)C(N)=O. The van der Waals surface area contributed by atoms with E-state index in [0.717, 1.165) is 5.56 Å². The lowest BCUT2D eigenvalue weighted by Gasteiger charge is -2.17. The van der Waals surface area contributed by atoms with E-state index >= 15 is 0 Å². The number of rotatable bonds is 10. The van der Waals surface area contributed by atoms with Crippen LogP contribution in [0, 0.1) is 10.1 Å². The van der Waals surface area contributed by atoms with Gasteiger partial charge < -0.3 is 25.8 Å². The molecule has 0 fully saturated rings. The first-order chi connectivity index (χ1) is 14.8. The van der Waals surface area contributed by atoms with Gasteiger partial charge in [0, 0.05) is 24.1 Å². The lowest BCUT2D eigenvalue weighted by molar-refractivity contribution is -0.384. The van der Waals surface area contributed by atoms with Crippen molar-refractivity contribution in [1.29, 1.82) is 0 Å². The van der Waals surface area contributed by atoms with Gasteiger partial charge in [0.25, 0.3) is 5.69 Å². The molecule has 4 N–H and O–H groups in total. The molecule has 0 spiro atoms. The van der Waals surface area contributed by atoms with Crippen LogP contribution >= 0.6 is 0 Å². The molecule has 11 heteroatoms. The number of ether oxygens (including phenoxy) is 2. The molecule has 1 atom stereocenters. The summed E-state index contributed by atoms with van der Waals surface area (Å²) in [4.78, 5) is 46.0. The summed E-state index contributed by atoms with van der Waals surface area (Å²) in [5, 5.41) is 15.6. The normalized spacial score (nSPS) is 11.1. The molecule has 0 aliphatic heterocycles. The van der Waals surface area contributed by atoms with Crippen LogP contribution in [0.3, 0.4) is 0 Å².